The maximum atomic E-state index is 13.0. The first-order valence-corrected chi connectivity index (χ1v) is 13.7. The van der Waals surface area contributed by atoms with Crippen LogP contribution in [0.3, 0.4) is 0 Å². The van der Waals surface area contributed by atoms with Gasteiger partial charge in [0.15, 0.2) is 0 Å². The Balaban J connectivity index is 1.30. The average Bonchev–Trinajstić information content (AvgIpc) is 3.26. The summed E-state index contributed by atoms with van der Waals surface area (Å²) in [5.41, 5.74) is 6.04. The molecular formula is C33H39NO4. The van der Waals surface area contributed by atoms with Crippen molar-refractivity contribution in [3.05, 3.63) is 95.6 Å². The van der Waals surface area contributed by atoms with E-state index in [4.69, 9.17) is 9.47 Å². The van der Waals surface area contributed by atoms with Crippen molar-refractivity contribution in [2.75, 3.05) is 33.4 Å². The number of fused-ring (bicyclic) bond motifs is 3. The monoisotopic (exact) mass is 513 g/mol. The molecule has 5 nitrogen and oxygen atoms in total. The van der Waals surface area contributed by atoms with Gasteiger partial charge in [-0.1, -0.05) is 85.3 Å². The van der Waals surface area contributed by atoms with Gasteiger partial charge in [-0.15, -0.1) is 0 Å². The zero-order valence-electron chi connectivity index (χ0n) is 22.4. The largest absolute Gasteiger partial charge is 0.465 e. The van der Waals surface area contributed by atoms with Crippen molar-refractivity contribution < 1.29 is 19.1 Å². The average molecular weight is 514 g/mol. The van der Waals surface area contributed by atoms with Crippen LogP contribution in [-0.2, 0) is 25.5 Å². The summed E-state index contributed by atoms with van der Waals surface area (Å²) < 4.78 is 10.9. The first-order valence-electron chi connectivity index (χ1n) is 13.7. The van der Waals surface area contributed by atoms with Gasteiger partial charge in [-0.2, -0.15) is 0 Å². The minimum atomic E-state index is -0.195. The highest BCUT2D eigenvalue weighted by Crippen LogP contribution is 2.44. The van der Waals surface area contributed by atoms with Gasteiger partial charge in [0.25, 0.3) is 0 Å². The molecule has 1 atom stereocenters. The predicted octanol–water partition coefficient (Wildman–Crippen LogP) is 5.96. The summed E-state index contributed by atoms with van der Waals surface area (Å²) in [4.78, 5) is 25.3. The highest BCUT2D eigenvalue weighted by molar-refractivity contribution is 5.80. The Morgan fingerprint density at radius 2 is 1.50 bits per heavy atom. The van der Waals surface area contributed by atoms with E-state index < -0.39 is 0 Å². The van der Waals surface area contributed by atoms with Gasteiger partial charge in [0.1, 0.15) is 12.4 Å². The summed E-state index contributed by atoms with van der Waals surface area (Å²) >= 11 is 0. The molecule has 1 N–H and O–H groups in total. The lowest BCUT2D eigenvalue weighted by Gasteiger charge is -2.19. The smallest absolute Gasteiger partial charge is 0.306 e. The molecule has 0 spiro atoms. The van der Waals surface area contributed by atoms with Gasteiger partial charge in [-0.25, -0.2) is 0 Å². The maximum absolute atomic E-state index is 13.0. The number of unbranched alkanes of at least 4 members (excludes halogenated alkanes) is 2. The molecular weight excluding hydrogens is 474 g/mol. The summed E-state index contributed by atoms with van der Waals surface area (Å²) in [5, 5.41) is 3.30. The van der Waals surface area contributed by atoms with Crippen LogP contribution in [0.2, 0.25) is 0 Å². The van der Waals surface area contributed by atoms with Gasteiger partial charge in [0.2, 0.25) is 0 Å². The highest BCUT2D eigenvalue weighted by Gasteiger charge is 2.29. The molecule has 200 valence electrons. The van der Waals surface area contributed by atoms with Crippen LogP contribution in [0.5, 0.6) is 0 Å². The van der Waals surface area contributed by atoms with Crippen LogP contribution >= 0.6 is 0 Å². The van der Waals surface area contributed by atoms with Crippen LogP contribution in [0.1, 0.15) is 54.7 Å². The number of hydrogen-bond acceptors (Lipinski definition) is 5. The van der Waals surface area contributed by atoms with E-state index in [0.717, 1.165) is 32.3 Å². The number of benzene rings is 3. The van der Waals surface area contributed by atoms with E-state index in [1.807, 2.05) is 30.3 Å². The number of carbonyl (C=O) groups is 2. The number of nitrogens with one attached hydrogen (secondary N) is 1. The number of rotatable bonds is 16. The number of Topliss-reactive ketones (excluding diaryl/α,β-unsaturated/α-hetero) is 1. The normalized spacial score (nSPS) is 13.1. The standard InChI is InChI=1S/C33H39NO4/c1-37-19-11-3-6-14-27(35)23-34-22-26(20-25-12-4-2-5-13-25)21-33(36)38-24-32-30-17-9-7-15-28(30)29-16-8-10-18-31(29)32/h2,4-5,7-10,12-13,15-18,26,32,34H,3,6,11,14,19-24H2,1H3. The van der Waals surface area contributed by atoms with Crippen LogP contribution in [0.4, 0.5) is 0 Å². The van der Waals surface area contributed by atoms with E-state index in [2.05, 4.69) is 53.8 Å². The minimum Gasteiger partial charge on any atom is -0.465 e. The van der Waals surface area contributed by atoms with Crippen molar-refractivity contribution in [2.24, 2.45) is 5.92 Å². The van der Waals surface area contributed by atoms with Crippen molar-refractivity contribution >= 4 is 11.8 Å². The van der Waals surface area contributed by atoms with Crippen molar-refractivity contribution in [3.8, 4) is 11.1 Å². The second-order valence-corrected chi connectivity index (χ2v) is 10.1. The lowest BCUT2D eigenvalue weighted by molar-refractivity contribution is -0.145. The van der Waals surface area contributed by atoms with Gasteiger partial charge in [0.05, 0.1) is 6.54 Å². The van der Waals surface area contributed by atoms with Crippen molar-refractivity contribution in [1.29, 1.82) is 0 Å². The molecule has 0 aromatic heterocycles. The summed E-state index contributed by atoms with van der Waals surface area (Å²) in [7, 11) is 1.70. The molecule has 0 heterocycles. The molecule has 1 aliphatic carbocycles. The lowest BCUT2D eigenvalue weighted by Crippen LogP contribution is -2.31. The fraction of sp³-hybridized carbons (Fsp3) is 0.394. The first kappa shape index (κ1) is 27.7. The Kier molecular flexibility index (Phi) is 10.7. The van der Waals surface area contributed by atoms with Crippen molar-refractivity contribution in [2.45, 2.75) is 44.4 Å². The molecule has 1 aliphatic rings. The molecule has 0 bridgehead atoms. The van der Waals surface area contributed by atoms with Gasteiger partial charge < -0.3 is 14.8 Å². The van der Waals surface area contributed by atoms with Crippen LogP contribution in [0.25, 0.3) is 11.1 Å². The van der Waals surface area contributed by atoms with Gasteiger partial charge in [-0.3, -0.25) is 9.59 Å². The van der Waals surface area contributed by atoms with Crippen LogP contribution in [-0.4, -0.2) is 45.2 Å². The summed E-state index contributed by atoms with van der Waals surface area (Å²) in [6.07, 6.45) is 4.50. The Morgan fingerprint density at radius 1 is 0.842 bits per heavy atom. The molecule has 1 unspecified atom stereocenters. The zero-order chi connectivity index (χ0) is 26.6. The molecule has 0 saturated carbocycles. The maximum Gasteiger partial charge on any atom is 0.306 e. The van der Waals surface area contributed by atoms with Gasteiger partial charge >= 0.3 is 5.97 Å². The summed E-state index contributed by atoms with van der Waals surface area (Å²) in [5.74, 6) is 0.113. The quantitative estimate of drug-likeness (QED) is 0.189. The third-order valence-electron chi connectivity index (χ3n) is 7.26. The lowest BCUT2D eigenvalue weighted by atomic mass is 9.95. The van der Waals surface area contributed by atoms with E-state index in [1.165, 1.54) is 27.8 Å². The summed E-state index contributed by atoms with van der Waals surface area (Å²) in [6.45, 7) is 2.00. The number of hydrogen-bond donors (Lipinski definition) is 1. The van der Waals surface area contributed by atoms with Crippen LogP contribution in [0.15, 0.2) is 78.9 Å². The molecule has 0 radical (unpaired) electrons. The molecule has 0 saturated heterocycles. The zero-order valence-corrected chi connectivity index (χ0v) is 22.4. The van der Waals surface area contributed by atoms with Crippen LogP contribution in [0, 0.1) is 5.92 Å². The van der Waals surface area contributed by atoms with Crippen molar-refractivity contribution in [1.82, 2.24) is 5.32 Å². The second kappa shape index (κ2) is 14.6. The first-order chi connectivity index (χ1) is 18.7. The van der Waals surface area contributed by atoms with Gasteiger partial charge in [-0.05, 0) is 59.5 Å². The molecule has 0 fully saturated rings. The molecule has 3 aromatic rings. The topological polar surface area (TPSA) is 64.6 Å². The third-order valence-corrected chi connectivity index (χ3v) is 7.26. The predicted molar refractivity (Wildman–Crippen MR) is 151 cm³/mol. The molecule has 5 heteroatoms. The Labute approximate surface area is 226 Å². The minimum absolute atomic E-state index is 0.0440. The fourth-order valence-corrected chi connectivity index (χ4v) is 5.32. The van der Waals surface area contributed by atoms with E-state index in [1.54, 1.807) is 7.11 Å². The van der Waals surface area contributed by atoms with E-state index in [9.17, 15) is 9.59 Å². The Bertz CT molecular complexity index is 1130. The number of carbonyl (C=O) groups excluding carboxylic acids is 2. The third kappa shape index (κ3) is 7.86. The molecule has 3 aromatic carbocycles. The van der Waals surface area contributed by atoms with Gasteiger partial charge in [0, 0.05) is 32.5 Å². The second-order valence-electron chi connectivity index (χ2n) is 10.1. The SMILES string of the molecule is COCCCCCC(=O)CNCC(CC(=O)OCC1c2ccccc2-c2ccccc21)Cc1ccccc1. The molecule has 4 rings (SSSR count). The molecule has 38 heavy (non-hydrogen) atoms. The number of esters is 1. The summed E-state index contributed by atoms with van der Waals surface area (Å²) in [6, 6.07) is 26.9. The highest BCUT2D eigenvalue weighted by atomic mass is 16.5. The van der Waals surface area contributed by atoms with E-state index in [0.29, 0.717) is 32.5 Å². The fourth-order valence-electron chi connectivity index (χ4n) is 5.32. The number of ether oxygens (including phenoxy) is 2. The van der Waals surface area contributed by atoms with E-state index in [-0.39, 0.29) is 23.6 Å². The molecule has 0 aliphatic heterocycles. The Hall–Kier alpha value is -3.28. The molecule has 0 amide bonds. The number of methoxy groups -OCH3 is 1. The van der Waals surface area contributed by atoms with E-state index >= 15 is 0 Å². The Morgan fingerprint density at radius 3 is 2.18 bits per heavy atom. The van der Waals surface area contributed by atoms with Crippen molar-refractivity contribution in [3.63, 3.8) is 0 Å². The number of ketones is 1. The van der Waals surface area contributed by atoms with Crippen LogP contribution < -0.4 is 5.32 Å².